The second-order valence-electron chi connectivity index (χ2n) is 6.38. The van der Waals surface area contributed by atoms with Crippen molar-refractivity contribution in [1.29, 1.82) is 0 Å². The molecule has 0 spiro atoms. The fourth-order valence-corrected chi connectivity index (χ4v) is 3.41. The Bertz CT molecular complexity index is 1020. The Hall–Kier alpha value is -2.79. The molecule has 126 valence electrons. The molecule has 2 aromatic heterocycles. The van der Waals surface area contributed by atoms with Crippen LogP contribution in [0.25, 0.3) is 22.1 Å². The van der Waals surface area contributed by atoms with Crippen LogP contribution in [0, 0.1) is 0 Å². The van der Waals surface area contributed by atoms with Gasteiger partial charge in [-0.2, -0.15) is 0 Å². The van der Waals surface area contributed by atoms with Crippen LogP contribution in [0.5, 0.6) is 0 Å². The summed E-state index contributed by atoms with van der Waals surface area (Å²) in [6.45, 7) is 2.65. The highest BCUT2D eigenvalue weighted by atomic mass is 16.5. The van der Waals surface area contributed by atoms with Crippen molar-refractivity contribution in [1.82, 2.24) is 4.98 Å². The Morgan fingerprint density at radius 1 is 1.24 bits per heavy atom. The van der Waals surface area contributed by atoms with E-state index in [0.29, 0.717) is 25.2 Å². The van der Waals surface area contributed by atoms with Crippen molar-refractivity contribution < 1.29 is 13.9 Å². The molecular formula is C20H17NO4. The molecule has 5 nitrogen and oxygen atoms in total. The van der Waals surface area contributed by atoms with E-state index in [0.717, 1.165) is 27.6 Å². The molecule has 1 aliphatic rings. The molecule has 25 heavy (non-hydrogen) atoms. The molecule has 0 amide bonds. The Morgan fingerprint density at radius 2 is 2.12 bits per heavy atom. The number of carbonyl (C=O) groups is 1. The van der Waals surface area contributed by atoms with E-state index >= 15 is 0 Å². The largest absolute Gasteiger partial charge is 0.423 e. The van der Waals surface area contributed by atoms with E-state index in [4.69, 9.17) is 9.15 Å². The number of hydrogen-bond acceptors (Lipinski definition) is 5. The molecule has 0 bridgehead atoms. The molecule has 0 saturated heterocycles. The van der Waals surface area contributed by atoms with Gasteiger partial charge in [-0.1, -0.05) is 6.07 Å². The average Bonchev–Trinajstić information content (AvgIpc) is 2.61. The molecule has 1 aliphatic heterocycles. The number of aromatic nitrogens is 1. The van der Waals surface area contributed by atoms with Gasteiger partial charge in [0.05, 0.1) is 13.2 Å². The quantitative estimate of drug-likeness (QED) is 0.686. The second kappa shape index (κ2) is 6.26. The number of nitrogens with zero attached hydrogens (tertiary/aromatic N) is 1. The number of fused-ring (bicyclic) bond motifs is 2. The fourth-order valence-electron chi connectivity index (χ4n) is 3.41. The molecule has 1 unspecified atom stereocenters. The maximum Gasteiger partial charge on any atom is 0.336 e. The number of rotatable bonds is 3. The molecular weight excluding hydrogens is 318 g/mol. The van der Waals surface area contributed by atoms with Gasteiger partial charge in [-0.3, -0.25) is 4.98 Å². The smallest absolute Gasteiger partial charge is 0.336 e. The molecule has 3 heterocycles. The number of ether oxygens (including phenoxy) is 1. The van der Waals surface area contributed by atoms with Crippen molar-refractivity contribution in [2.45, 2.75) is 25.9 Å². The van der Waals surface area contributed by atoms with Gasteiger partial charge in [0.15, 0.2) is 0 Å². The van der Waals surface area contributed by atoms with Crippen molar-refractivity contribution in [3.05, 3.63) is 64.3 Å². The van der Waals surface area contributed by atoms with Gasteiger partial charge in [-0.25, -0.2) is 4.79 Å². The van der Waals surface area contributed by atoms with Crippen LogP contribution >= 0.6 is 0 Å². The van der Waals surface area contributed by atoms with Crippen molar-refractivity contribution in [2.24, 2.45) is 0 Å². The Morgan fingerprint density at radius 3 is 2.96 bits per heavy atom. The van der Waals surface area contributed by atoms with Crippen LogP contribution in [0.3, 0.4) is 0 Å². The minimum Gasteiger partial charge on any atom is -0.423 e. The highest BCUT2D eigenvalue weighted by Crippen LogP contribution is 2.35. The Labute approximate surface area is 144 Å². The van der Waals surface area contributed by atoms with E-state index in [1.54, 1.807) is 19.1 Å². The summed E-state index contributed by atoms with van der Waals surface area (Å²) in [5.74, 6) is 0.194. The normalized spacial score (nSPS) is 16.6. The number of carbonyl (C=O) groups excluding carboxylic acids is 1. The fraction of sp³-hybridized carbons (Fsp3) is 0.250. The predicted octanol–water partition coefficient (Wildman–Crippen LogP) is 3.45. The van der Waals surface area contributed by atoms with Gasteiger partial charge in [-0.05, 0) is 41.8 Å². The van der Waals surface area contributed by atoms with Crippen LogP contribution in [0.4, 0.5) is 0 Å². The Balaban J connectivity index is 1.82. The number of Topliss-reactive ketones (excluding diaryl/α,β-unsaturated/α-hetero) is 1. The number of pyridine rings is 1. The zero-order valence-corrected chi connectivity index (χ0v) is 13.8. The van der Waals surface area contributed by atoms with E-state index in [9.17, 15) is 9.59 Å². The summed E-state index contributed by atoms with van der Waals surface area (Å²) in [6, 6.07) is 8.85. The van der Waals surface area contributed by atoms with E-state index in [1.807, 2.05) is 24.5 Å². The molecule has 4 rings (SSSR count). The lowest BCUT2D eigenvalue weighted by Gasteiger charge is -2.26. The summed E-state index contributed by atoms with van der Waals surface area (Å²) >= 11 is 0. The summed E-state index contributed by atoms with van der Waals surface area (Å²) < 4.78 is 10.9. The molecule has 1 aromatic carbocycles. The summed E-state index contributed by atoms with van der Waals surface area (Å²) in [4.78, 5) is 27.3. The van der Waals surface area contributed by atoms with Crippen LogP contribution < -0.4 is 5.63 Å². The van der Waals surface area contributed by atoms with Crippen molar-refractivity contribution in [3.63, 3.8) is 0 Å². The summed E-state index contributed by atoms with van der Waals surface area (Å²) in [7, 11) is 0. The molecule has 0 aliphatic carbocycles. The van der Waals surface area contributed by atoms with Crippen molar-refractivity contribution in [3.8, 4) is 11.1 Å². The zero-order valence-electron chi connectivity index (χ0n) is 13.8. The second-order valence-corrected chi connectivity index (χ2v) is 6.38. The van der Waals surface area contributed by atoms with E-state index < -0.39 is 0 Å². The van der Waals surface area contributed by atoms with Gasteiger partial charge in [0.1, 0.15) is 11.4 Å². The molecule has 1 atom stereocenters. The van der Waals surface area contributed by atoms with Crippen LogP contribution in [0.1, 0.15) is 30.4 Å². The first kappa shape index (κ1) is 15.7. The first-order chi connectivity index (χ1) is 12.1. The molecule has 0 N–H and O–H groups in total. The highest BCUT2D eigenvalue weighted by molar-refractivity contribution is 5.84. The summed E-state index contributed by atoms with van der Waals surface area (Å²) in [5, 5.41) is 0.853. The first-order valence-electron chi connectivity index (χ1n) is 8.20. The van der Waals surface area contributed by atoms with Gasteiger partial charge in [0.2, 0.25) is 0 Å². The van der Waals surface area contributed by atoms with E-state index in [2.05, 4.69) is 4.98 Å². The topological polar surface area (TPSA) is 69.4 Å². The van der Waals surface area contributed by atoms with E-state index in [1.165, 1.54) is 6.07 Å². The monoisotopic (exact) mass is 335 g/mol. The van der Waals surface area contributed by atoms with Gasteiger partial charge in [-0.15, -0.1) is 0 Å². The highest BCUT2D eigenvalue weighted by Gasteiger charge is 2.25. The van der Waals surface area contributed by atoms with Gasteiger partial charge in [0.25, 0.3) is 0 Å². The third kappa shape index (κ3) is 2.98. The minimum absolute atomic E-state index is 0.0483. The summed E-state index contributed by atoms with van der Waals surface area (Å²) in [6.07, 6.45) is 4.12. The van der Waals surface area contributed by atoms with Crippen LogP contribution in [0.2, 0.25) is 0 Å². The molecule has 3 aromatic rings. The lowest BCUT2D eigenvalue weighted by atomic mass is 9.87. The van der Waals surface area contributed by atoms with E-state index in [-0.39, 0.29) is 17.3 Å². The van der Waals surface area contributed by atoms with Crippen LogP contribution in [-0.2, 0) is 16.1 Å². The van der Waals surface area contributed by atoms with Crippen LogP contribution in [-0.4, -0.2) is 17.4 Å². The van der Waals surface area contributed by atoms with Gasteiger partial charge >= 0.3 is 5.63 Å². The predicted molar refractivity (Wildman–Crippen MR) is 93.4 cm³/mol. The third-order valence-electron chi connectivity index (χ3n) is 4.56. The first-order valence-corrected chi connectivity index (χ1v) is 8.20. The zero-order chi connectivity index (χ0) is 17.4. The van der Waals surface area contributed by atoms with Gasteiger partial charge in [0, 0.05) is 41.7 Å². The summed E-state index contributed by atoms with van der Waals surface area (Å²) in [5.41, 5.74) is 4.32. The minimum atomic E-state index is -0.362. The number of benzene rings is 1. The van der Waals surface area contributed by atoms with Crippen molar-refractivity contribution in [2.75, 3.05) is 6.61 Å². The number of hydrogen-bond donors (Lipinski definition) is 0. The lowest BCUT2D eigenvalue weighted by Crippen LogP contribution is -2.20. The molecule has 0 fully saturated rings. The maximum absolute atomic E-state index is 11.5. The Kier molecular flexibility index (Phi) is 3.93. The van der Waals surface area contributed by atoms with Gasteiger partial charge < -0.3 is 13.9 Å². The number of ketones is 1. The van der Waals surface area contributed by atoms with Crippen molar-refractivity contribution >= 4 is 16.8 Å². The SMILES string of the molecule is CC(=O)CC1COCc2c(-c3ccc4oc(=O)ccc4c3)cncc21. The standard InChI is InChI=1S/C20H17NO4/c1-12(22)6-15-10-24-11-18-16(8-21-9-17(15)18)13-2-4-19-14(7-13)3-5-20(23)25-19/h2-5,7-9,15H,6,10-11H2,1H3. The lowest BCUT2D eigenvalue weighted by molar-refractivity contribution is -0.117. The third-order valence-corrected chi connectivity index (χ3v) is 4.56. The molecule has 0 saturated carbocycles. The molecule has 0 radical (unpaired) electrons. The maximum atomic E-state index is 11.5. The average molecular weight is 335 g/mol. The van der Waals surface area contributed by atoms with Crippen LogP contribution in [0.15, 0.2) is 51.9 Å². The molecule has 5 heteroatoms.